The Morgan fingerprint density at radius 1 is 0.900 bits per heavy atom. The molecule has 0 aliphatic heterocycles. The van der Waals surface area contributed by atoms with Crippen molar-refractivity contribution in [1.29, 1.82) is 0 Å². The Bertz CT molecular complexity index is 593. The van der Waals surface area contributed by atoms with Gasteiger partial charge in [0.2, 0.25) is 0 Å². The first-order valence-electron chi connectivity index (χ1n) is 13.2. The number of hydrogen-bond donors (Lipinski definition) is 3. The second-order valence-corrected chi connectivity index (χ2v) is 12.4. The Balaban J connectivity index is 1.48. The Morgan fingerprint density at radius 2 is 1.60 bits per heavy atom. The second kappa shape index (κ2) is 8.67. The Kier molecular flexibility index (Phi) is 6.66. The summed E-state index contributed by atoms with van der Waals surface area (Å²) in [6, 6.07) is 0. The van der Waals surface area contributed by atoms with Crippen LogP contribution in [-0.4, -0.2) is 34.1 Å². The van der Waals surface area contributed by atoms with E-state index in [1.54, 1.807) is 0 Å². The molecule has 3 N–H and O–H groups in total. The van der Waals surface area contributed by atoms with Crippen molar-refractivity contribution in [2.45, 2.75) is 111 Å². The van der Waals surface area contributed by atoms with Crippen molar-refractivity contribution in [3.8, 4) is 0 Å². The minimum atomic E-state index is -0.980. The highest BCUT2D eigenvalue weighted by Crippen LogP contribution is 2.68. The summed E-state index contributed by atoms with van der Waals surface area (Å²) in [6.07, 6.45) is 12.6. The average Bonchev–Trinajstić information content (AvgIpc) is 3.09. The molecule has 0 bridgehead atoms. The number of hydrogen-bond acceptors (Lipinski definition) is 3. The highest BCUT2D eigenvalue weighted by Gasteiger charge is 2.60. The topological polar surface area (TPSA) is 60.7 Å². The number of aliphatic hydroxyl groups excluding tert-OH is 3. The number of rotatable bonds is 6. The van der Waals surface area contributed by atoms with Gasteiger partial charge in [0.1, 0.15) is 6.10 Å². The summed E-state index contributed by atoms with van der Waals surface area (Å²) in [5, 5.41) is 29.8. The van der Waals surface area contributed by atoms with Gasteiger partial charge >= 0.3 is 0 Å². The summed E-state index contributed by atoms with van der Waals surface area (Å²) in [5.74, 6) is 5.34. The third-order valence-corrected chi connectivity index (χ3v) is 11.3. The fourth-order valence-electron chi connectivity index (χ4n) is 9.66. The van der Waals surface area contributed by atoms with Gasteiger partial charge in [-0.2, -0.15) is 0 Å². The lowest BCUT2D eigenvalue weighted by Crippen LogP contribution is -2.54. The van der Waals surface area contributed by atoms with Gasteiger partial charge in [0.15, 0.2) is 0 Å². The normalized spacial score (nSPS) is 48.9. The molecule has 4 rings (SSSR count). The van der Waals surface area contributed by atoms with E-state index in [-0.39, 0.29) is 12.5 Å². The fraction of sp³-hybridized carbons (Fsp3) is 1.00. The van der Waals surface area contributed by atoms with Crippen LogP contribution in [0.4, 0.5) is 0 Å². The van der Waals surface area contributed by atoms with E-state index in [0.717, 1.165) is 42.4 Å². The van der Waals surface area contributed by atoms with E-state index < -0.39 is 12.2 Å². The molecule has 3 nitrogen and oxygen atoms in total. The Hall–Kier alpha value is -0.120. The summed E-state index contributed by atoms with van der Waals surface area (Å²) < 4.78 is 0. The molecule has 7 unspecified atom stereocenters. The summed E-state index contributed by atoms with van der Waals surface area (Å²) in [7, 11) is 0. The summed E-state index contributed by atoms with van der Waals surface area (Å²) in [5.41, 5.74) is 0.981. The smallest absolute Gasteiger partial charge is 0.103 e. The summed E-state index contributed by atoms with van der Waals surface area (Å²) in [6.45, 7) is 9.78. The van der Waals surface area contributed by atoms with Crippen molar-refractivity contribution in [3.05, 3.63) is 0 Å². The van der Waals surface area contributed by atoms with Crippen LogP contribution in [0.3, 0.4) is 0 Å². The molecule has 3 heteroatoms. The monoisotopic (exact) mass is 420 g/mol. The molecule has 0 radical (unpaired) electrons. The molecule has 4 saturated carbocycles. The minimum absolute atomic E-state index is 0.154. The zero-order valence-corrected chi connectivity index (χ0v) is 20.0. The van der Waals surface area contributed by atoms with E-state index in [1.165, 1.54) is 57.8 Å². The van der Waals surface area contributed by atoms with Gasteiger partial charge in [-0.15, -0.1) is 0 Å². The van der Waals surface area contributed by atoms with Crippen molar-refractivity contribution >= 4 is 0 Å². The molecule has 0 aromatic rings. The molecular weight excluding hydrogens is 372 g/mol. The lowest BCUT2D eigenvalue weighted by molar-refractivity contribution is -0.137. The van der Waals surface area contributed by atoms with E-state index >= 15 is 0 Å². The molecule has 0 amide bonds. The predicted molar refractivity (Wildman–Crippen MR) is 122 cm³/mol. The number of aliphatic hydroxyl groups is 3. The predicted octanol–water partition coefficient (Wildman–Crippen LogP) is 5.41. The second-order valence-electron chi connectivity index (χ2n) is 12.4. The van der Waals surface area contributed by atoms with E-state index in [2.05, 4.69) is 27.7 Å². The molecule has 0 heterocycles. The lowest BCUT2D eigenvalue weighted by Gasteiger charge is -2.61. The third-order valence-electron chi connectivity index (χ3n) is 11.3. The van der Waals surface area contributed by atoms with Crippen molar-refractivity contribution in [1.82, 2.24) is 0 Å². The molecule has 11 atom stereocenters. The van der Waals surface area contributed by atoms with E-state index in [9.17, 15) is 15.3 Å². The molecule has 0 aromatic heterocycles. The maximum absolute atomic E-state index is 10.5. The maximum Gasteiger partial charge on any atom is 0.103 e. The molecule has 30 heavy (non-hydrogen) atoms. The van der Waals surface area contributed by atoms with Crippen molar-refractivity contribution in [2.24, 2.45) is 52.3 Å². The molecule has 0 aromatic carbocycles. The fourth-order valence-corrected chi connectivity index (χ4v) is 9.66. The molecule has 0 saturated heterocycles. The lowest BCUT2D eigenvalue weighted by atomic mass is 9.43. The molecule has 4 fully saturated rings. The third kappa shape index (κ3) is 3.59. The van der Waals surface area contributed by atoms with Gasteiger partial charge in [0.05, 0.1) is 12.7 Å². The van der Waals surface area contributed by atoms with Crippen LogP contribution in [0.25, 0.3) is 0 Å². The Labute approximate surface area is 185 Å². The first-order chi connectivity index (χ1) is 14.3. The highest BCUT2D eigenvalue weighted by atomic mass is 16.4. The minimum Gasteiger partial charge on any atom is -0.394 e. The van der Waals surface area contributed by atoms with Crippen molar-refractivity contribution < 1.29 is 15.3 Å². The van der Waals surface area contributed by atoms with Crippen LogP contribution in [0.1, 0.15) is 98.3 Å². The van der Waals surface area contributed by atoms with E-state index in [1.807, 2.05) is 0 Å². The molecular formula is C27H48O3. The maximum atomic E-state index is 10.5. The van der Waals surface area contributed by atoms with Crippen LogP contribution < -0.4 is 0 Å². The zero-order chi connectivity index (χ0) is 21.7. The molecule has 4 aliphatic carbocycles. The van der Waals surface area contributed by atoms with Gasteiger partial charge in [-0.25, -0.2) is 0 Å². The molecule has 4 aliphatic rings. The largest absolute Gasteiger partial charge is 0.394 e. The first kappa shape index (κ1) is 23.1. The van der Waals surface area contributed by atoms with Crippen LogP contribution in [0, 0.1) is 52.3 Å². The summed E-state index contributed by atoms with van der Waals surface area (Å²) in [4.78, 5) is 0. The van der Waals surface area contributed by atoms with Crippen LogP contribution in [-0.2, 0) is 0 Å². The first-order valence-corrected chi connectivity index (χ1v) is 13.2. The highest BCUT2D eigenvalue weighted by molar-refractivity contribution is 5.10. The van der Waals surface area contributed by atoms with Gasteiger partial charge in [-0.05, 0) is 110 Å². The number of fused-ring (bicyclic) bond motifs is 5. The van der Waals surface area contributed by atoms with Crippen LogP contribution in [0.15, 0.2) is 0 Å². The van der Waals surface area contributed by atoms with E-state index in [0.29, 0.717) is 16.7 Å². The van der Waals surface area contributed by atoms with Crippen LogP contribution >= 0.6 is 0 Å². The van der Waals surface area contributed by atoms with Gasteiger partial charge in [-0.1, -0.05) is 40.5 Å². The molecule has 174 valence electrons. The van der Waals surface area contributed by atoms with E-state index in [4.69, 9.17) is 0 Å². The Morgan fingerprint density at radius 3 is 2.30 bits per heavy atom. The van der Waals surface area contributed by atoms with Gasteiger partial charge in [0.25, 0.3) is 0 Å². The standard InChI is InChI=1S/C27H48O3/c1-5-6-17(2)21-9-10-22-20-8-7-19-15-18(25(30)24(29)16-28)11-13-26(19,3)23(20)12-14-27(21,22)4/h17-25,28-30H,5-16H2,1-4H3/t17-,18?,19?,20?,21-,22?,23?,24?,25?,26+,27-/m1/s1. The van der Waals surface area contributed by atoms with Crippen LogP contribution in [0.2, 0.25) is 0 Å². The van der Waals surface area contributed by atoms with Crippen LogP contribution in [0.5, 0.6) is 0 Å². The zero-order valence-electron chi connectivity index (χ0n) is 20.0. The molecule has 0 spiro atoms. The summed E-state index contributed by atoms with van der Waals surface area (Å²) >= 11 is 0. The SMILES string of the molecule is CCC[C@@H](C)[C@H]1CCC2C3CCC4CC(C(O)C(O)CO)CC[C@]4(C)C3CC[C@@]21C. The van der Waals surface area contributed by atoms with Gasteiger partial charge in [-0.3, -0.25) is 0 Å². The van der Waals surface area contributed by atoms with Crippen molar-refractivity contribution in [2.75, 3.05) is 6.61 Å². The van der Waals surface area contributed by atoms with Gasteiger partial charge in [0, 0.05) is 0 Å². The quantitative estimate of drug-likeness (QED) is 0.538. The van der Waals surface area contributed by atoms with Gasteiger partial charge < -0.3 is 15.3 Å². The van der Waals surface area contributed by atoms with Crippen molar-refractivity contribution in [3.63, 3.8) is 0 Å². The average molecular weight is 421 g/mol.